The molecule has 152 valence electrons. The Bertz CT molecular complexity index is 298. The third kappa shape index (κ3) is 13.4. The molecule has 0 aromatic carbocycles. The van der Waals surface area contributed by atoms with Gasteiger partial charge in [0.2, 0.25) is 0 Å². The maximum absolute atomic E-state index is 4.13. The van der Waals surface area contributed by atoms with E-state index < -0.39 is 0 Å². The third-order valence-corrected chi connectivity index (χ3v) is 159. The zero-order chi connectivity index (χ0) is 20.1. The quantitative estimate of drug-likeness (QED) is 0.183. The molecule has 15 atom stereocenters. The SMILES string of the molecule is [PH-]PP(P([PH-])[PH-])P(P(P)P)P(P(P([PH-])P)P(P)P)P(P(P)P)P(P)P. The lowest BCUT2D eigenvalue weighted by Gasteiger charge is -2.56. The third-order valence-electron chi connectivity index (χ3n) is 1.96. The van der Waals surface area contributed by atoms with Crippen molar-refractivity contribution in [3.05, 3.63) is 0 Å². The minimum absolute atomic E-state index is 0.00823. The second kappa shape index (κ2) is 19.8. The Morgan fingerprint density at radius 3 is 1.08 bits per heavy atom. The molecule has 0 saturated heterocycles. The Balaban J connectivity index is 6.38. The van der Waals surface area contributed by atoms with Gasteiger partial charge in [0.15, 0.2) is 0 Å². The molecule has 0 amide bonds. The molecule has 0 radical (unpaired) electrons. The van der Waals surface area contributed by atoms with Crippen LogP contribution in [0.3, 0.4) is 0 Å². The van der Waals surface area contributed by atoms with Crippen LogP contribution in [0.1, 0.15) is 0 Å². The summed E-state index contributed by atoms with van der Waals surface area (Å²) in [7, 11) is 45.8. The Morgan fingerprint density at radius 2 is 0.880 bits per heavy atom. The molecule has 0 aromatic heterocycles. The molecule has 0 aromatic rings. The average Bonchev–Trinajstić information content (AvgIpc) is 2.41. The molecule has 0 spiro atoms. The summed E-state index contributed by atoms with van der Waals surface area (Å²) in [5.74, 6) is 0. The van der Waals surface area contributed by atoms with Gasteiger partial charge in [0, 0.05) is 0 Å². The zero-order valence-electron chi connectivity index (χ0n) is 12.6. The Labute approximate surface area is 199 Å². The van der Waals surface area contributed by atoms with E-state index in [2.05, 4.69) is 116 Å². The van der Waals surface area contributed by atoms with Gasteiger partial charge in [-0.15, -0.1) is 87.3 Å². The van der Waals surface area contributed by atoms with Gasteiger partial charge in [-0.3, -0.25) is 7.96 Å². The fourth-order valence-electron chi connectivity index (χ4n) is 1.25. The highest BCUT2D eigenvalue weighted by molar-refractivity contribution is 9.40. The highest BCUT2D eigenvalue weighted by Gasteiger charge is 2.43. The molecule has 0 aliphatic heterocycles. The van der Waals surface area contributed by atoms with E-state index in [-0.39, 0.29) is 76.9 Å². The Morgan fingerprint density at radius 1 is 0.520 bits per heavy atom. The van der Waals surface area contributed by atoms with Crippen LogP contribution in [-0.2, 0) is 0 Å². The highest BCUT2D eigenvalue weighted by Crippen LogP contribution is 3.34. The molecule has 0 aliphatic carbocycles. The minimum atomic E-state index is -0.235. The summed E-state index contributed by atoms with van der Waals surface area (Å²) >= 11 is 0. The van der Waals surface area contributed by atoms with Crippen molar-refractivity contribution in [2.45, 2.75) is 0 Å². The normalized spacial score (nSPS) is 19.8. The lowest BCUT2D eigenvalue weighted by Crippen LogP contribution is -1.60. The van der Waals surface area contributed by atoms with Crippen molar-refractivity contribution in [2.75, 3.05) is 0 Å². The smallest absolute Gasteiger partial charge is 0.00345 e. The highest BCUT2D eigenvalue weighted by atomic mass is 33.5. The van der Waals surface area contributed by atoms with Crippen molar-refractivity contribution >= 4 is 201 Å². The predicted molar refractivity (Wildman–Crippen MR) is 205 cm³/mol. The van der Waals surface area contributed by atoms with Crippen molar-refractivity contribution in [1.29, 1.82) is 0 Å². The standard InChI is InChI=1S/H23P25/c1-14-21(15(2)3)24(20(12)13)25(22(16(4)5)17(6)7)23(18(8)9)19(10)11/h1-4,14H,5-13H2/q-4. The Hall–Kier alpha value is 10.7. The van der Waals surface area contributed by atoms with Gasteiger partial charge in [-0.05, 0) is 55.9 Å². The van der Waals surface area contributed by atoms with Crippen LogP contribution < -0.4 is 0 Å². The van der Waals surface area contributed by atoms with Gasteiger partial charge in [0.25, 0.3) is 0 Å². The van der Waals surface area contributed by atoms with E-state index in [0.717, 1.165) is 7.96 Å². The molecule has 0 bridgehead atoms. The first-order valence-corrected chi connectivity index (χ1v) is 49.2. The molecule has 25 heavy (non-hydrogen) atoms. The summed E-state index contributed by atoms with van der Waals surface area (Å²) in [6, 6.07) is 0. The van der Waals surface area contributed by atoms with E-state index in [1.807, 2.05) is 0 Å². The molecular formula is H23P25-4. The largest absolute Gasteiger partial charge is 0.553 e. The maximum atomic E-state index is 4.13. The van der Waals surface area contributed by atoms with Crippen molar-refractivity contribution in [1.82, 2.24) is 0 Å². The van der Waals surface area contributed by atoms with Gasteiger partial charge in [-0.2, -0.15) is 0 Å². The van der Waals surface area contributed by atoms with Gasteiger partial charge < -0.3 is 42.7 Å². The fraction of sp³-hybridized carbons (Fsp3) is 0. The number of rotatable bonds is 11. The molecule has 0 fully saturated rings. The fourth-order valence-corrected chi connectivity index (χ4v) is 304. The molecular weight excluding hydrogens is 774 g/mol. The summed E-state index contributed by atoms with van der Waals surface area (Å²) in [6.45, 7) is -0.533. The van der Waals surface area contributed by atoms with Crippen LogP contribution >= 0.6 is 201 Å². The van der Waals surface area contributed by atoms with E-state index in [0.29, 0.717) is 0 Å². The van der Waals surface area contributed by atoms with Crippen LogP contribution in [0.25, 0.3) is 0 Å². The maximum Gasteiger partial charge on any atom is -0.00345 e. The van der Waals surface area contributed by atoms with Crippen molar-refractivity contribution < 1.29 is 0 Å². The average molecular weight is 798 g/mol. The lowest BCUT2D eigenvalue weighted by molar-refractivity contribution is 4.45. The first-order valence-electron chi connectivity index (χ1n) is 5.47. The van der Waals surface area contributed by atoms with E-state index in [1.165, 1.54) is 0 Å². The second-order valence-corrected chi connectivity index (χ2v) is 98.6. The predicted octanol–water partition coefficient (Wildman–Crippen LogP) is 15.4. The van der Waals surface area contributed by atoms with E-state index >= 15 is 0 Å². The molecule has 0 N–H and O–H groups in total. The van der Waals surface area contributed by atoms with Crippen LogP contribution in [0, 0.1) is 0 Å². The van der Waals surface area contributed by atoms with Gasteiger partial charge >= 0.3 is 0 Å². The molecule has 25 heteroatoms. The summed E-state index contributed by atoms with van der Waals surface area (Å²) in [5, 5.41) is 0. The first kappa shape index (κ1) is 35.8. The van der Waals surface area contributed by atoms with Crippen LogP contribution in [-0.4, -0.2) is 0 Å². The number of hydrogen-bond donors (Lipinski definition) is 0. The molecule has 0 nitrogen and oxygen atoms in total. The molecule has 0 aliphatic rings. The van der Waals surface area contributed by atoms with E-state index in [1.54, 1.807) is 0 Å². The van der Waals surface area contributed by atoms with Crippen LogP contribution in [0.2, 0.25) is 0 Å². The first-order chi connectivity index (χ1) is 11.4. The van der Waals surface area contributed by atoms with Gasteiger partial charge in [-0.25, -0.2) is 6.99 Å². The molecule has 0 rings (SSSR count). The molecule has 15 unspecified atom stereocenters. The van der Waals surface area contributed by atoms with Crippen LogP contribution in [0.4, 0.5) is 0 Å². The van der Waals surface area contributed by atoms with Crippen LogP contribution in [0.5, 0.6) is 0 Å². The van der Waals surface area contributed by atoms with Crippen LogP contribution in [0.15, 0.2) is 0 Å². The zero-order valence-corrected chi connectivity index (χ0v) is 37.8. The van der Waals surface area contributed by atoms with E-state index in [4.69, 9.17) is 0 Å². The Kier molecular flexibility index (Phi) is 28.3. The summed E-state index contributed by atoms with van der Waals surface area (Å²) in [5.41, 5.74) is 0. The lowest BCUT2D eigenvalue weighted by atomic mass is 28.5. The summed E-state index contributed by atoms with van der Waals surface area (Å²) < 4.78 is 0. The summed E-state index contributed by atoms with van der Waals surface area (Å²) in [6.07, 6.45) is 0. The minimum Gasteiger partial charge on any atom is -0.553 e. The van der Waals surface area contributed by atoms with Crippen molar-refractivity contribution in [3.63, 3.8) is 0 Å². The van der Waals surface area contributed by atoms with Gasteiger partial charge in [0.1, 0.15) is 0 Å². The molecule has 0 saturated carbocycles. The topological polar surface area (TPSA) is 0 Å². The molecule has 0 heterocycles. The summed E-state index contributed by atoms with van der Waals surface area (Å²) in [4.78, 5) is 0. The van der Waals surface area contributed by atoms with Gasteiger partial charge in [0.05, 0.1) is 0 Å². The van der Waals surface area contributed by atoms with E-state index in [9.17, 15) is 0 Å². The van der Waals surface area contributed by atoms with Crippen molar-refractivity contribution in [3.8, 4) is 0 Å². The number of hydrogen-bond acceptors (Lipinski definition) is 0. The second-order valence-electron chi connectivity index (χ2n) is 3.65. The van der Waals surface area contributed by atoms with Gasteiger partial charge in [-0.1, -0.05) is 0 Å². The monoisotopic (exact) mass is 798 g/mol. The van der Waals surface area contributed by atoms with Crippen molar-refractivity contribution in [2.24, 2.45) is 0 Å².